The van der Waals surface area contributed by atoms with Gasteiger partial charge in [0.25, 0.3) is 0 Å². The zero-order valence-corrected chi connectivity index (χ0v) is 14.9. The van der Waals surface area contributed by atoms with E-state index in [1.54, 1.807) is 6.26 Å². The summed E-state index contributed by atoms with van der Waals surface area (Å²) < 4.78 is 4.91. The number of hydrogen-bond donors (Lipinski definition) is 1. The van der Waals surface area contributed by atoms with Crippen LogP contribution in [0.4, 0.5) is 0 Å². The summed E-state index contributed by atoms with van der Waals surface area (Å²) in [4.78, 5) is 9.28. The van der Waals surface area contributed by atoms with Crippen molar-refractivity contribution in [1.82, 2.24) is 20.3 Å². The lowest BCUT2D eigenvalue weighted by atomic mass is 9.87. The first-order chi connectivity index (χ1) is 11.8. The van der Waals surface area contributed by atoms with Crippen LogP contribution < -0.4 is 5.32 Å². The number of nitrogens with one attached hydrogen (secondary N) is 1. The fraction of sp³-hybridized carbons (Fsp3) is 0.778. The molecule has 1 N–H and O–H groups in total. The van der Waals surface area contributed by atoms with Gasteiger partial charge < -0.3 is 14.7 Å². The Morgan fingerprint density at radius 3 is 2.71 bits per heavy atom. The van der Waals surface area contributed by atoms with Crippen molar-refractivity contribution in [2.24, 2.45) is 10.9 Å². The first-order valence-corrected chi connectivity index (χ1v) is 9.42. The van der Waals surface area contributed by atoms with Crippen molar-refractivity contribution in [2.45, 2.75) is 45.1 Å². The van der Waals surface area contributed by atoms with Gasteiger partial charge in [0, 0.05) is 52.4 Å². The minimum absolute atomic E-state index is 0.873. The monoisotopic (exact) mass is 333 g/mol. The molecule has 6 heteroatoms. The van der Waals surface area contributed by atoms with Crippen molar-refractivity contribution in [3.05, 3.63) is 18.0 Å². The number of guanidine groups is 1. The van der Waals surface area contributed by atoms with Crippen LogP contribution in [0.15, 0.2) is 21.8 Å². The van der Waals surface area contributed by atoms with Crippen molar-refractivity contribution in [3.8, 4) is 0 Å². The largest absolute Gasteiger partial charge is 0.364 e. The molecular formula is C18H31N5O. The first kappa shape index (κ1) is 17.3. The molecule has 1 aromatic rings. The lowest BCUT2D eigenvalue weighted by Gasteiger charge is -2.36. The van der Waals surface area contributed by atoms with Crippen LogP contribution in [-0.4, -0.2) is 60.7 Å². The fourth-order valence-corrected chi connectivity index (χ4v) is 3.86. The normalized spacial score (nSPS) is 21.2. The third kappa shape index (κ3) is 4.97. The smallest absolute Gasteiger partial charge is 0.193 e. The highest BCUT2D eigenvalue weighted by atomic mass is 16.5. The molecule has 0 bridgehead atoms. The topological polar surface area (TPSA) is 56.9 Å². The molecule has 2 fully saturated rings. The van der Waals surface area contributed by atoms with E-state index in [-0.39, 0.29) is 0 Å². The van der Waals surface area contributed by atoms with Crippen LogP contribution in [0.1, 0.15) is 44.2 Å². The predicted octanol–water partition coefficient (Wildman–Crippen LogP) is 2.34. The Kier molecular flexibility index (Phi) is 6.52. The number of rotatable bonds is 5. The highest BCUT2D eigenvalue weighted by molar-refractivity contribution is 5.79. The molecule has 6 nitrogen and oxygen atoms in total. The van der Waals surface area contributed by atoms with Gasteiger partial charge in [0.05, 0.1) is 5.69 Å². The molecule has 1 aliphatic carbocycles. The molecule has 0 atom stereocenters. The van der Waals surface area contributed by atoms with E-state index in [4.69, 9.17) is 4.52 Å². The maximum atomic E-state index is 4.91. The average Bonchev–Trinajstić information content (AvgIpc) is 3.14. The molecule has 2 heterocycles. The minimum Gasteiger partial charge on any atom is -0.364 e. The second-order valence-electron chi connectivity index (χ2n) is 7.02. The molecule has 3 rings (SSSR count). The summed E-state index contributed by atoms with van der Waals surface area (Å²) in [6.07, 6.45) is 10.0. The van der Waals surface area contributed by atoms with Crippen molar-refractivity contribution in [1.29, 1.82) is 0 Å². The van der Waals surface area contributed by atoms with Gasteiger partial charge in [-0.3, -0.25) is 9.89 Å². The van der Waals surface area contributed by atoms with Crippen LogP contribution in [0.3, 0.4) is 0 Å². The van der Waals surface area contributed by atoms with E-state index < -0.39 is 0 Å². The minimum atomic E-state index is 0.873. The van der Waals surface area contributed by atoms with E-state index in [0.29, 0.717) is 0 Å². The second kappa shape index (κ2) is 9.06. The summed E-state index contributed by atoms with van der Waals surface area (Å²) in [5, 5.41) is 7.58. The van der Waals surface area contributed by atoms with Crippen LogP contribution in [0.25, 0.3) is 0 Å². The number of aliphatic imine (C=N–C) groups is 1. The van der Waals surface area contributed by atoms with Gasteiger partial charge in [-0.05, 0) is 12.3 Å². The van der Waals surface area contributed by atoms with Crippen LogP contribution in [0.5, 0.6) is 0 Å². The average molecular weight is 333 g/mol. The molecule has 1 saturated carbocycles. The van der Waals surface area contributed by atoms with E-state index >= 15 is 0 Å². The van der Waals surface area contributed by atoms with Gasteiger partial charge in [0.15, 0.2) is 5.96 Å². The van der Waals surface area contributed by atoms with Gasteiger partial charge in [-0.25, -0.2) is 0 Å². The van der Waals surface area contributed by atoms with Crippen LogP contribution in [0, 0.1) is 5.92 Å². The Labute approximate surface area is 145 Å². The lowest BCUT2D eigenvalue weighted by Crippen LogP contribution is -2.52. The van der Waals surface area contributed by atoms with E-state index in [1.807, 2.05) is 13.1 Å². The summed E-state index contributed by atoms with van der Waals surface area (Å²) in [5.41, 5.74) is 1.01. The Hall–Kier alpha value is -1.56. The quantitative estimate of drug-likeness (QED) is 0.662. The van der Waals surface area contributed by atoms with E-state index in [2.05, 4.69) is 25.3 Å². The van der Waals surface area contributed by atoms with Crippen LogP contribution >= 0.6 is 0 Å². The molecule has 1 aromatic heterocycles. The predicted molar refractivity (Wildman–Crippen MR) is 95.9 cm³/mol. The Bertz CT molecular complexity index is 488. The summed E-state index contributed by atoms with van der Waals surface area (Å²) >= 11 is 0. The third-order valence-electron chi connectivity index (χ3n) is 5.32. The molecule has 2 aliphatic rings. The standard InChI is InChI=1S/C18H31N5O/c1-19-18(20-9-7-16-5-3-2-4-6-16)23-12-10-22(11-13-23)15-17-8-14-24-21-17/h8,14,16H,2-7,9-13,15H2,1H3,(H,19,20). The molecular weight excluding hydrogens is 302 g/mol. The molecule has 1 saturated heterocycles. The summed E-state index contributed by atoms with van der Waals surface area (Å²) in [6, 6.07) is 1.94. The second-order valence-corrected chi connectivity index (χ2v) is 7.02. The van der Waals surface area contributed by atoms with E-state index in [1.165, 1.54) is 38.5 Å². The molecule has 134 valence electrons. The van der Waals surface area contributed by atoms with Gasteiger partial charge in [-0.15, -0.1) is 0 Å². The summed E-state index contributed by atoms with van der Waals surface area (Å²) in [7, 11) is 1.89. The molecule has 0 unspecified atom stereocenters. The van der Waals surface area contributed by atoms with E-state index in [9.17, 15) is 0 Å². The van der Waals surface area contributed by atoms with Gasteiger partial charge in [0.1, 0.15) is 6.26 Å². The summed E-state index contributed by atoms with van der Waals surface area (Å²) in [5.74, 6) is 1.98. The zero-order chi connectivity index (χ0) is 16.6. The summed E-state index contributed by atoms with van der Waals surface area (Å²) in [6.45, 7) is 6.03. The number of hydrogen-bond acceptors (Lipinski definition) is 4. The first-order valence-electron chi connectivity index (χ1n) is 9.42. The van der Waals surface area contributed by atoms with E-state index in [0.717, 1.165) is 56.8 Å². The van der Waals surface area contributed by atoms with Gasteiger partial charge in [0.2, 0.25) is 0 Å². The highest BCUT2D eigenvalue weighted by Crippen LogP contribution is 2.25. The van der Waals surface area contributed by atoms with Crippen LogP contribution in [0.2, 0.25) is 0 Å². The van der Waals surface area contributed by atoms with Crippen molar-refractivity contribution >= 4 is 5.96 Å². The highest BCUT2D eigenvalue weighted by Gasteiger charge is 2.20. The molecule has 0 amide bonds. The van der Waals surface area contributed by atoms with Crippen LogP contribution in [-0.2, 0) is 6.54 Å². The van der Waals surface area contributed by atoms with Gasteiger partial charge >= 0.3 is 0 Å². The van der Waals surface area contributed by atoms with Crippen molar-refractivity contribution in [2.75, 3.05) is 39.8 Å². The molecule has 0 spiro atoms. The molecule has 24 heavy (non-hydrogen) atoms. The van der Waals surface area contributed by atoms with Gasteiger partial charge in [-0.1, -0.05) is 37.3 Å². The number of piperazine rings is 1. The number of aromatic nitrogens is 1. The Morgan fingerprint density at radius 1 is 1.25 bits per heavy atom. The molecule has 0 radical (unpaired) electrons. The lowest BCUT2D eigenvalue weighted by molar-refractivity contribution is 0.169. The SMILES string of the molecule is CN=C(NCCC1CCCCC1)N1CCN(Cc2ccon2)CC1. The Balaban J connectivity index is 1.37. The zero-order valence-electron chi connectivity index (χ0n) is 14.9. The van der Waals surface area contributed by atoms with Crippen molar-refractivity contribution in [3.63, 3.8) is 0 Å². The molecule has 1 aliphatic heterocycles. The number of nitrogens with zero attached hydrogens (tertiary/aromatic N) is 4. The molecule has 0 aromatic carbocycles. The third-order valence-corrected chi connectivity index (χ3v) is 5.32. The van der Waals surface area contributed by atoms with Gasteiger partial charge in [-0.2, -0.15) is 0 Å². The maximum absolute atomic E-state index is 4.91. The Morgan fingerprint density at radius 2 is 2.04 bits per heavy atom. The fourth-order valence-electron chi connectivity index (χ4n) is 3.86. The maximum Gasteiger partial charge on any atom is 0.193 e. The van der Waals surface area contributed by atoms with Crippen molar-refractivity contribution < 1.29 is 4.52 Å².